The Labute approximate surface area is 124 Å². The lowest BCUT2D eigenvalue weighted by Crippen LogP contribution is -2.28. The molecule has 0 unspecified atom stereocenters. The lowest BCUT2D eigenvalue weighted by molar-refractivity contribution is -0.113. The highest BCUT2D eigenvalue weighted by Gasteiger charge is 2.44. The number of allylic oxidation sites excluding steroid dienone is 2. The summed E-state index contributed by atoms with van der Waals surface area (Å²) in [6, 6.07) is 0. The van der Waals surface area contributed by atoms with E-state index < -0.39 is 0 Å². The lowest BCUT2D eigenvalue weighted by Gasteiger charge is -2.24. The Hall–Kier alpha value is 0.200. The van der Waals surface area contributed by atoms with Crippen LogP contribution in [0, 0.1) is 17.8 Å². The second kappa shape index (κ2) is 6.31. The summed E-state index contributed by atoms with van der Waals surface area (Å²) in [6.07, 6.45) is 6.99. The quantitative estimate of drug-likeness (QED) is 0.558. The van der Waals surface area contributed by atoms with Crippen LogP contribution >= 0.6 is 23.2 Å². The SMILES string of the molecule is ClCC(CCl)OC[C@@H]1CO[C@@H]([C@H]2C[C@H]3C=C[C@H]2C3)O1. The summed E-state index contributed by atoms with van der Waals surface area (Å²) < 4.78 is 17.4. The summed E-state index contributed by atoms with van der Waals surface area (Å²) in [5.74, 6) is 2.74. The van der Waals surface area contributed by atoms with Gasteiger partial charge in [0, 0.05) is 17.7 Å². The van der Waals surface area contributed by atoms with E-state index in [4.69, 9.17) is 37.4 Å². The lowest BCUT2D eigenvalue weighted by atomic mass is 9.93. The molecule has 1 aliphatic heterocycles. The first-order valence-corrected chi connectivity index (χ1v) is 8.06. The zero-order valence-electron chi connectivity index (χ0n) is 10.8. The van der Waals surface area contributed by atoms with Gasteiger partial charge in [-0.15, -0.1) is 23.2 Å². The van der Waals surface area contributed by atoms with Crippen LogP contribution in [0.1, 0.15) is 12.8 Å². The molecule has 5 heteroatoms. The van der Waals surface area contributed by atoms with E-state index in [9.17, 15) is 0 Å². The van der Waals surface area contributed by atoms with Crippen LogP contribution < -0.4 is 0 Å². The van der Waals surface area contributed by atoms with E-state index in [1.54, 1.807) is 0 Å². The van der Waals surface area contributed by atoms with Crippen LogP contribution in [0.25, 0.3) is 0 Å². The minimum absolute atomic E-state index is 0.0158. The van der Waals surface area contributed by atoms with E-state index in [2.05, 4.69) is 12.2 Å². The van der Waals surface area contributed by atoms with Crippen molar-refractivity contribution in [3.63, 3.8) is 0 Å². The zero-order valence-corrected chi connectivity index (χ0v) is 12.4. The predicted octanol–water partition coefficient (Wildman–Crippen LogP) is 2.80. The first-order valence-electron chi connectivity index (χ1n) is 6.99. The van der Waals surface area contributed by atoms with Gasteiger partial charge in [0.05, 0.1) is 19.3 Å². The first-order chi connectivity index (χ1) is 9.30. The van der Waals surface area contributed by atoms with Gasteiger partial charge in [-0.3, -0.25) is 0 Å². The summed E-state index contributed by atoms with van der Waals surface area (Å²) in [7, 11) is 0. The number of alkyl halides is 2. The summed E-state index contributed by atoms with van der Waals surface area (Å²) in [4.78, 5) is 0. The average Bonchev–Trinajstić information content (AvgIpc) is 3.15. The third kappa shape index (κ3) is 3.11. The molecule has 0 amide bonds. The van der Waals surface area contributed by atoms with Crippen LogP contribution in [-0.2, 0) is 14.2 Å². The summed E-state index contributed by atoms with van der Waals surface area (Å²) in [5, 5.41) is 0. The molecule has 2 fully saturated rings. The van der Waals surface area contributed by atoms with Gasteiger partial charge in [0.1, 0.15) is 6.10 Å². The number of hydrogen-bond acceptors (Lipinski definition) is 3. The van der Waals surface area contributed by atoms with Gasteiger partial charge in [-0.25, -0.2) is 0 Å². The zero-order chi connectivity index (χ0) is 13.2. The van der Waals surface area contributed by atoms with Crippen LogP contribution in [0.4, 0.5) is 0 Å². The van der Waals surface area contributed by atoms with Crippen molar-refractivity contribution in [2.75, 3.05) is 25.0 Å². The molecule has 3 rings (SSSR count). The van der Waals surface area contributed by atoms with Crippen molar-refractivity contribution in [2.45, 2.75) is 31.3 Å². The third-order valence-electron chi connectivity index (χ3n) is 4.31. The fourth-order valence-electron chi connectivity index (χ4n) is 3.29. The monoisotopic (exact) mass is 306 g/mol. The standard InChI is InChI=1S/C14H20Cl2O3/c15-5-11(6-16)17-7-12-8-18-14(19-12)13-4-9-1-2-10(13)3-9/h1-2,9-14H,3-8H2/t9-,10-,12+,13-,14+/m0/s1. The Kier molecular flexibility index (Phi) is 4.70. The molecule has 2 bridgehead atoms. The molecule has 19 heavy (non-hydrogen) atoms. The number of fused-ring (bicyclic) bond motifs is 2. The van der Waals surface area contributed by atoms with Gasteiger partial charge in [-0.2, -0.15) is 0 Å². The van der Waals surface area contributed by atoms with Crippen LogP contribution in [0.5, 0.6) is 0 Å². The summed E-state index contributed by atoms with van der Waals surface area (Å²) in [6.45, 7) is 1.12. The van der Waals surface area contributed by atoms with Crippen molar-refractivity contribution in [3.8, 4) is 0 Å². The van der Waals surface area contributed by atoms with Gasteiger partial charge in [-0.1, -0.05) is 12.2 Å². The predicted molar refractivity (Wildman–Crippen MR) is 74.6 cm³/mol. The number of ether oxygens (including phenoxy) is 3. The smallest absolute Gasteiger partial charge is 0.161 e. The van der Waals surface area contributed by atoms with Gasteiger partial charge in [0.2, 0.25) is 0 Å². The molecular formula is C14H20Cl2O3. The normalized spacial score (nSPS) is 40.7. The maximum Gasteiger partial charge on any atom is 0.161 e. The minimum Gasteiger partial charge on any atom is -0.373 e. The van der Waals surface area contributed by atoms with Gasteiger partial charge in [0.25, 0.3) is 0 Å². The highest BCUT2D eigenvalue weighted by Crippen LogP contribution is 2.46. The fourth-order valence-corrected chi connectivity index (χ4v) is 3.80. The van der Waals surface area contributed by atoms with Gasteiger partial charge in [0.15, 0.2) is 6.29 Å². The molecule has 108 valence electrons. The molecule has 1 saturated carbocycles. The summed E-state index contributed by atoms with van der Waals surface area (Å²) >= 11 is 11.5. The first kappa shape index (κ1) is 14.2. The van der Waals surface area contributed by atoms with Crippen molar-refractivity contribution in [2.24, 2.45) is 17.8 Å². The van der Waals surface area contributed by atoms with Crippen LogP contribution in [-0.4, -0.2) is 43.5 Å². The Bertz CT molecular complexity index is 333. The maximum atomic E-state index is 5.97. The van der Waals surface area contributed by atoms with Gasteiger partial charge < -0.3 is 14.2 Å². The molecule has 0 aromatic rings. The maximum absolute atomic E-state index is 5.97. The molecule has 1 heterocycles. The Morgan fingerprint density at radius 3 is 2.68 bits per heavy atom. The molecular weight excluding hydrogens is 287 g/mol. The van der Waals surface area contributed by atoms with Crippen LogP contribution in [0.2, 0.25) is 0 Å². The minimum atomic E-state index is -0.101. The Balaban J connectivity index is 1.44. The number of hydrogen-bond donors (Lipinski definition) is 0. The van der Waals surface area contributed by atoms with Crippen molar-refractivity contribution >= 4 is 23.2 Å². The van der Waals surface area contributed by atoms with Gasteiger partial charge >= 0.3 is 0 Å². The van der Waals surface area contributed by atoms with Crippen molar-refractivity contribution in [1.29, 1.82) is 0 Å². The molecule has 0 radical (unpaired) electrons. The topological polar surface area (TPSA) is 27.7 Å². The van der Waals surface area contributed by atoms with E-state index in [1.165, 1.54) is 12.8 Å². The molecule has 0 spiro atoms. The molecule has 1 saturated heterocycles. The average molecular weight is 307 g/mol. The van der Waals surface area contributed by atoms with Crippen molar-refractivity contribution < 1.29 is 14.2 Å². The summed E-state index contributed by atoms with van der Waals surface area (Å²) in [5.41, 5.74) is 0. The number of halogens is 2. The van der Waals surface area contributed by atoms with Crippen molar-refractivity contribution in [3.05, 3.63) is 12.2 Å². The second-order valence-electron chi connectivity index (χ2n) is 5.67. The third-order valence-corrected chi connectivity index (χ3v) is 5.00. The van der Waals surface area contributed by atoms with Crippen LogP contribution in [0.15, 0.2) is 12.2 Å². The fraction of sp³-hybridized carbons (Fsp3) is 0.857. The molecule has 0 aromatic heterocycles. The number of rotatable bonds is 6. The van der Waals surface area contributed by atoms with Gasteiger partial charge in [-0.05, 0) is 24.7 Å². The van der Waals surface area contributed by atoms with Crippen LogP contribution in [0.3, 0.4) is 0 Å². The highest BCUT2D eigenvalue weighted by atomic mass is 35.5. The molecule has 0 aromatic carbocycles. The Morgan fingerprint density at radius 2 is 2.05 bits per heavy atom. The van der Waals surface area contributed by atoms with E-state index in [1.807, 2.05) is 0 Å². The van der Waals surface area contributed by atoms with E-state index in [0.29, 0.717) is 36.8 Å². The Morgan fingerprint density at radius 1 is 1.21 bits per heavy atom. The van der Waals surface area contributed by atoms with E-state index >= 15 is 0 Å². The van der Waals surface area contributed by atoms with Crippen molar-refractivity contribution in [1.82, 2.24) is 0 Å². The second-order valence-corrected chi connectivity index (χ2v) is 6.29. The molecule has 0 N–H and O–H groups in total. The molecule has 2 aliphatic carbocycles. The molecule has 3 aliphatic rings. The van der Waals surface area contributed by atoms with E-state index in [-0.39, 0.29) is 18.5 Å². The molecule has 3 nitrogen and oxygen atoms in total. The molecule has 5 atom stereocenters. The highest BCUT2D eigenvalue weighted by molar-refractivity contribution is 6.21. The largest absolute Gasteiger partial charge is 0.373 e. The van der Waals surface area contributed by atoms with E-state index in [0.717, 1.165) is 5.92 Å².